The van der Waals surface area contributed by atoms with E-state index in [9.17, 15) is 0 Å². The quantitative estimate of drug-likeness (QED) is 0.838. The molecule has 0 amide bonds. The van der Waals surface area contributed by atoms with Gasteiger partial charge < -0.3 is 10.5 Å². The van der Waals surface area contributed by atoms with Gasteiger partial charge in [-0.2, -0.15) is 0 Å². The number of benzene rings is 1. The van der Waals surface area contributed by atoms with Crippen LogP contribution in [0.5, 0.6) is 5.75 Å². The third-order valence-corrected chi connectivity index (χ3v) is 4.71. The Bertz CT molecular complexity index is 404. The van der Waals surface area contributed by atoms with Gasteiger partial charge in [-0.15, -0.1) is 0 Å². The summed E-state index contributed by atoms with van der Waals surface area (Å²) < 4.78 is 5.76. The van der Waals surface area contributed by atoms with E-state index in [1.54, 1.807) is 0 Å². The maximum absolute atomic E-state index is 6.11. The van der Waals surface area contributed by atoms with Gasteiger partial charge in [0.1, 0.15) is 5.75 Å². The lowest BCUT2D eigenvalue weighted by atomic mass is 9.71. The van der Waals surface area contributed by atoms with E-state index in [-0.39, 0.29) is 0 Å². The molecule has 0 bridgehead atoms. The van der Waals surface area contributed by atoms with Crippen LogP contribution in [0.1, 0.15) is 57.4 Å². The molecule has 1 aromatic carbocycles. The van der Waals surface area contributed by atoms with Crippen LogP contribution in [0.4, 0.5) is 0 Å². The van der Waals surface area contributed by atoms with Gasteiger partial charge in [0.05, 0.1) is 6.61 Å². The molecule has 0 saturated heterocycles. The highest BCUT2D eigenvalue weighted by Gasteiger charge is 2.29. The third-order valence-electron chi connectivity index (χ3n) is 4.71. The number of nitrogens with two attached hydrogens (primary N) is 1. The molecule has 1 aliphatic carbocycles. The van der Waals surface area contributed by atoms with E-state index < -0.39 is 0 Å². The van der Waals surface area contributed by atoms with Crippen LogP contribution in [0, 0.1) is 11.8 Å². The molecule has 0 heterocycles. The maximum Gasteiger partial charge on any atom is 0.119 e. The summed E-state index contributed by atoms with van der Waals surface area (Å²) >= 11 is 0. The maximum atomic E-state index is 6.11. The number of hydrogen-bond acceptors (Lipinski definition) is 2. The second-order valence-corrected chi connectivity index (χ2v) is 6.19. The summed E-state index contributed by atoms with van der Waals surface area (Å²) in [6.07, 6.45) is 6.46. The molecule has 20 heavy (non-hydrogen) atoms. The number of hydrogen-bond donors (Lipinski definition) is 1. The van der Waals surface area contributed by atoms with Crippen molar-refractivity contribution in [2.45, 2.75) is 51.9 Å². The molecular formula is C18H29NO. The fourth-order valence-electron chi connectivity index (χ4n) is 3.56. The predicted octanol–water partition coefficient (Wildman–Crippen LogP) is 4.34. The molecule has 2 N–H and O–H groups in total. The Labute approximate surface area is 123 Å². The average Bonchev–Trinajstić information content (AvgIpc) is 2.48. The summed E-state index contributed by atoms with van der Waals surface area (Å²) in [6.45, 7) is 6.06. The molecule has 0 radical (unpaired) electrons. The van der Waals surface area contributed by atoms with Gasteiger partial charge in [0.2, 0.25) is 0 Å². The molecule has 0 aromatic heterocycles. The molecule has 2 nitrogen and oxygen atoms in total. The normalized spacial score (nSPS) is 24.4. The molecule has 1 fully saturated rings. The molecule has 1 aliphatic rings. The van der Waals surface area contributed by atoms with Crippen molar-refractivity contribution in [3.63, 3.8) is 0 Å². The van der Waals surface area contributed by atoms with Gasteiger partial charge in [0.15, 0.2) is 0 Å². The standard InChI is InChI=1S/C18H29NO/c1-3-11-20-16-9-6-8-15(12-16)18(13-19)17-10-5-4-7-14(17)2/h6,8-9,12,14,17-18H,3-5,7,10-11,13,19H2,1-2H3. The third kappa shape index (κ3) is 3.76. The highest BCUT2D eigenvalue weighted by Crippen LogP contribution is 2.39. The van der Waals surface area contributed by atoms with Gasteiger partial charge in [-0.05, 0) is 54.8 Å². The average molecular weight is 275 g/mol. The topological polar surface area (TPSA) is 35.2 Å². The molecule has 1 saturated carbocycles. The molecule has 2 heteroatoms. The molecule has 1 aromatic rings. The first-order valence-electron chi connectivity index (χ1n) is 8.19. The van der Waals surface area contributed by atoms with Gasteiger partial charge in [-0.3, -0.25) is 0 Å². The molecular weight excluding hydrogens is 246 g/mol. The van der Waals surface area contributed by atoms with Crippen molar-refractivity contribution in [1.29, 1.82) is 0 Å². The predicted molar refractivity (Wildman–Crippen MR) is 85.1 cm³/mol. The monoisotopic (exact) mass is 275 g/mol. The minimum absolute atomic E-state index is 0.482. The van der Waals surface area contributed by atoms with E-state index in [0.717, 1.165) is 37.2 Å². The zero-order valence-electron chi connectivity index (χ0n) is 13.0. The van der Waals surface area contributed by atoms with Crippen molar-refractivity contribution in [2.75, 3.05) is 13.2 Å². The second kappa shape index (κ2) is 7.68. The van der Waals surface area contributed by atoms with Crippen LogP contribution in [0.3, 0.4) is 0 Å². The first-order valence-corrected chi connectivity index (χ1v) is 8.19. The van der Waals surface area contributed by atoms with E-state index in [1.165, 1.54) is 31.2 Å². The van der Waals surface area contributed by atoms with Crippen molar-refractivity contribution in [3.05, 3.63) is 29.8 Å². The van der Waals surface area contributed by atoms with Crippen molar-refractivity contribution >= 4 is 0 Å². The van der Waals surface area contributed by atoms with Gasteiger partial charge in [-0.25, -0.2) is 0 Å². The SMILES string of the molecule is CCCOc1cccc(C(CN)C2CCCCC2C)c1. The van der Waals surface area contributed by atoms with E-state index >= 15 is 0 Å². The van der Waals surface area contributed by atoms with Gasteiger partial charge in [-0.1, -0.05) is 45.2 Å². The van der Waals surface area contributed by atoms with Crippen molar-refractivity contribution in [1.82, 2.24) is 0 Å². The van der Waals surface area contributed by atoms with Gasteiger partial charge in [0.25, 0.3) is 0 Å². The highest BCUT2D eigenvalue weighted by atomic mass is 16.5. The van der Waals surface area contributed by atoms with Gasteiger partial charge in [0, 0.05) is 0 Å². The largest absolute Gasteiger partial charge is 0.494 e. The lowest BCUT2D eigenvalue weighted by Crippen LogP contribution is -2.28. The minimum Gasteiger partial charge on any atom is -0.494 e. The molecule has 0 aliphatic heterocycles. The first-order chi connectivity index (χ1) is 9.76. The van der Waals surface area contributed by atoms with Crippen LogP contribution in [-0.2, 0) is 0 Å². The summed E-state index contributed by atoms with van der Waals surface area (Å²) in [5, 5.41) is 0. The lowest BCUT2D eigenvalue weighted by Gasteiger charge is -2.35. The van der Waals surface area contributed by atoms with Crippen molar-refractivity contribution in [2.24, 2.45) is 17.6 Å². The van der Waals surface area contributed by atoms with Crippen LogP contribution in [0.15, 0.2) is 24.3 Å². The van der Waals surface area contributed by atoms with E-state index in [4.69, 9.17) is 10.5 Å². The summed E-state index contributed by atoms with van der Waals surface area (Å²) in [7, 11) is 0. The molecule has 0 spiro atoms. The van der Waals surface area contributed by atoms with Gasteiger partial charge >= 0.3 is 0 Å². The first kappa shape index (κ1) is 15.4. The van der Waals surface area contributed by atoms with Crippen LogP contribution < -0.4 is 10.5 Å². The van der Waals surface area contributed by atoms with Crippen LogP contribution >= 0.6 is 0 Å². The Hall–Kier alpha value is -1.02. The van der Waals surface area contributed by atoms with Crippen molar-refractivity contribution < 1.29 is 4.74 Å². The minimum atomic E-state index is 0.482. The van der Waals surface area contributed by atoms with E-state index in [0.29, 0.717) is 5.92 Å². The van der Waals surface area contributed by atoms with Crippen LogP contribution in [0.25, 0.3) is 0 Å². The summed E-state index contributed by atoms with van der Waals surface area (Å²) in [5.41, 5.74) is 7.47. The lowest BCUT2D eigenvalue weighted by molar-refractivity contribution is 0.218. The fraction of sp³-hybridized carbons (Fsp3) is 0.667. The summed E-state index contributed by atoms with van der Waals surface area (Å²) in [4.78, 5) is 0. The molecule has 3 atom stereocenters. The van der Waals surface area contributed by atoms with Crippen LogP contribution in [-0.4, -0.2) is 13.2 Å². The second-order valence-electron chi connectivity index (χ2n) is 6.19. The zero-order valence-corrected chi connectivity index (χ0v) is 13.0. The smallest absolute Gasteiger partial charge is 0.119 e. The number of ether oxygens (including phenoxy) is 1. The molecule has 3 unspecified atom stereocenters. The Morgan fingerprint density at radius 2 is 2.10 bits per heavy atom. The van der Waals surface area contributed by atoms with Crippen molar-refractivity contribution in [3.8, 4) is 5.75 Å². The Morgan fingerprint density at radius 3 is 2.80 bits per heavy atom. The molecule has 112 valence electrons. The Balaban J connectivity index is 2.13. The van der Waals surface area contributed by atoms with E-state index in [2.05, 4.69) is 38.1 Å². The van der Waals surface area contributed by atoms with E-state index in [1.807, 2.05) is 0 Å². The number of rotatable bonds is 6. The zero-order chi connectivity index (χ0) is 14.4. The highest BCUT2D eigenvalue weighted by molar-refractivity contribution is 5.31. The summed E-state index contributed by atoms with van der Waals surface area (Å²) in [5.74, 6) is 2.99. The van der Waals surface area contributed by atoms with Crippen LogP contribution in [0.2, 0.25) is 0 Å². The summed E-state index contributed by atoms with van der Waals surface area (Å²) in [6, 6.07) is 8.58. The molecule has 2 rings (SSSR count). The fourth-order valence-corrected chi connectivity index (χ4v) is 3.56. The Morgan fingerprint density at radius 1 is 1.30 bits per heavy atom. The Kier molecular flexibility index (Phi) is 5.90.